The Morgan fingerprint density at radius 1 is 1.31 bits per heavy atom. The van der Waals surface area contributed by atoms with E-state index < -0.39 is 0 Å². The Morgan fingerprint density at radius 3 is 2.75 bits per heavy atom. The predicted octanol–water partition coefficient (Wildman–Crippen LogP) is 1.66. The van der Waals surface area contributed by atoms with E-state index in [9.17, 15) is 9.59 Å². The van der Waals surface area contributed by atoms with E-state index in [-0.39, 0.29) is 5.91 Å². The maximum Gasteiger partial charge on any atom is 0.224 e. The molecule has 0 aromatic heterocycles. The summed E-state index contributed by atoms with van der Waals surface area (Å²) in [5, 5.41) is 2.82. The van der Waals surface area contributed by atoms with E-state index in [2.05, 4.69) is 5.32 Å². The second-order valence-corrected chi connectivity index (χ2v) is 4.27. The molecule has 0 unspecified atom stereocenters. The number of hydrogen-bond acceptors (Lipinski definition) is 3. The van der Waals surface area contributed by atoms with Gasteiger partial charge in [-0.25, -0.2) is 0 Å². The van der Waals surface area contributed by atoms with Crippen molar-refractivity contribution in [1.82, 2.24) is 5.32 Å². The highest BCUT2D eigenvalue weighted by molar-refractivity contribution is 8.11. The minimum atomic E-state index is 0.0299. The van der Waals surface area contributed by atoms with Gasteiger partial charge in [0.25, 0.3) is 0 Å². The fraction of sp³-hybridized carbons (Fsp3) is 0.333. The Morgan fingerprint density at radius 2 is 2.06 bits per heavy atom. The zero-order valence-corrected chi connectivity index (χ0v) is 9.83. The summed E-state index contributed by atoms with van der Waals surface area (Å²) in [6.07, 6.45) is 1.24. The molecule has 0 bridgehead atoms. The van der Waals surface area contributed by atoms with E-state index in [0.717, 1.165) is 23.4 Å². The summed E-state index contributed by atoms with van der Waals surface area (Å²) in [6, 6.07) is 9.63. The molecule has 0 saturated heterocycles. The quantitative estimate of drug-likeness (QED) is 0.579. The maximum absolute atomic E-state index is 11.5. The molecule has 1 N–H and O–H groups in total. The van der Waals surface area contributed by atoms with Gasteiger partial charge in [0, 0.05) is 12.3 Å². The van der Waals surface area contributed by atoms with Crippen LogP contribution in [-0.4, -0.2) is 23.8 Å². The molecule has 0 spiro atoms. The Labute approximate surface area is 99.6 Å². The first-order valence-corrected chi connectivity index (χ1v) is 6.23. The van der Waals surface area contributed by atoms with Gasteiger partial charge in [-0.3, -0.25) is 9.59 Å². The lowest BCUT2D eigenvalue weighted by atomic mass is 10.1. The number of carbonyl (C=O) groups excluding carboxylic acids is 2. The van der Waals surface area contributed by atoms with Gasteiger partial charge < -0.3 is 5.32 Å². The van der Waals surface area contributed by atoms with Crippen molar-refractivity contribution >= 4 is 23.3 Å². The normalized spacial score (nSPS) is 9.75. The first-order chi connectivity index (χ1) is 7.83. The number of rotatable bonds is 7. The largest absolute Gasteiger partial charge is 0.356 e. The molecule has 1 amide bonds. The third-order valence-electron chi connectivity index (χ3n) is 2.04. The molecule has 86 valence electrons. The summed E-state index contributed by atoms with van der Waals surface area (Å²) in [6.45, 7) is 0.631. The number of carbonyl (C=O) groups is 2. The van der Waals surface area contributed by atoms with Crippen molar-refractivity contribution in [3.63, 3.8) is 0 Å². The van der Waals surface area contributed by atoms with E-state index in [1.807, 2.05) is 30.3 Å². The monoisotopic (exact) mass is 237 g/mol. The molecule has 0 aliphatic heterocycles. The second-order valence-electron chi connectivity index (χ2n) is 3.33. The van der Waals surface area contributed by atoms with Crippen molar-refractivity contribution in [1.29, 1.82) is 0 Å². The Kier molecular flexibility index (Phi) is 6.33. The minimum absolute atomic E-state index is 0.0299. The van der Waals surface area contributed by atoms with Crippen molar-refractivity contribution in [3.05, 3.63) is 35.9 Å². The summed E-state index contributed by atoms with van der Waals surface area (Å²) >= 11 is 1.23. The van der Waals surface area contributed by atoms with Crippen LogP contribution in [0.4, 0.5) is 0 Å². The third-order valence-corrected chi connectivity index (χ3v) is 2.70. The summed E-state index contributed by atoms with van der Waals surface area (Å²) < 4.78 is 0. The maximum atomic E-state index is 11.5. The molecule has 1 rings (SSSR count). The average Bonchev–Trinajstić information content (AvgIpc) is 2.30. The van der Waals surface area contributed by atoms with Gasteiger partial charge in [-0.2, -0.15) is 0 Å². The Bertz CT molecular complexity index is 327. The first kappa shape index (κ1) is 12.8. The van der Waals surface area contributed by atoms with Gasteiger partial charge in [-0.1, -0.05) is 42.1 Å². The van der Waals surface area contributed by atoms with Gasteiger partial charge in [-0.15, -0.1) is 0 Å². The Hall–Kier alpha value is -1.29. The molecule has 0 aliphatic rings. The fourth-order valence-electron chi connectivity index (χ4n) is 1.28. The number of thioether (sulfide) groups is 1. The van der Waals surface area contributed by atoms with Crippen molar-refractivity contribution in [2.75, 3.05) is 12.3 Å². The van der Waals surface area contributed by atoms with Crippen molar-refractivity contribution < 1.29 is 9.59 Å². The summed E-state index contributed by atoms with van der Waals surface area (Å²) in [5.41, 5.74) is 1.84. The van der Waals surface area contributed by atoms with Gasteiger partial charge in [-0.05, 0) is 12.0 Å². The van der Waals surface area contributed by atoms with E-state index in [4.69, 9.17) is 0 Å². The first-order valence-electron chi connectivity index (χ1n) is 5.19. The van der Waals surface area contributed by atoms with E-state index >= 15 is 0 Å². The van der Waals surface area contributed by atoms with E-state index in [1.165, 1.54) is 11.8 Å². The lowest BCUT2D eigenvalue weighted by molar-refractivity contribution is -0.120. The molecular formula is C12H15NO2S. The molecule has 1 aromatic carbocycles. The van der Waals surface area contributed by atoms with Crippen LogP contribution in [0.15, 0.2) is 30.3 Å². The highest BCUT2D eigenvalue weighted by atomic mass is 32.2. The van der Waals surface area contributed by atoms with Crippen LogP contribution in [0, 0.1) is 0 Å². The lowest BCUT2D eigenvalue weighted by Crippen LogP contribution is -2.26. The van der Waals surface area contributed by atoms with Crippen LogP contribution in [0.5, 0.6) is 0 Å². The number of nitrogens with one attached hydrogen (secondary N) is 1. The third kappa shape index (κ3) is 5.56. The van der Waals surface area contributed by atoms with Crippen LogP contribution in [-0.2, 0) is 16.0 Å². The fourth-order valence-corrected chi connectivity index (χ4v) is 1.68. The highest BCUT2D eigenvalue weighted by Gasteiger charge is 2.01. The predicted molar refractivity (Wildman–Crippen MR) is 67.0 cm³/mol. The SMILES string of the molecule is O=CSCCCNC(=O)Cc1ccccc1. The summed E-state index contributed by atoms with van der Waals surface area (Å²) in [7, 11) is 0. The van der Waals surface area contributed by atoms with Crippen LogP contribution in [0.2, 0.25) is 0 Å². The van der Waals surface area contributed by atoms with E-state index in [1.54, 1.807) is 0 Å². The molecule has 1 aromatic rings. The average molecular weight is 237 g/mol. The molecule has 0 saturated carbocycles. The van der Waals surface area contributed by atoms with Crippen LogP contribution >= 0.6 is 11.8 Å². The molecule has 0 aliphatic carbocycles. The van der Waals surface area contributed by atoms with Gasteiger partial charge in [0.05, 0.1) is 6.42 Å². The van der Waals surface area contributed by atoms with Crippen molar-refractivity contribution in [2.24, 2.45) is 0 Å². The van der Waals surface area contributed by atoms with E-state index in [0.29, 0.717) is 13.0 Å². The molecular weight excluding hydrogens is 222 g/mol. The zero-order chi connectivity index (χ0) is 11.6. The molecule has 0 fully saturated rings. The van der Waals surface area contributed by atoms with Crippen LogP contribution in [0.25, 0.3) is 0 Å². The highest BCUT2D eigenvalue weighted by Crippen LogP contribution is 1.99. The number of benzene rings is 1. The molecule has 4 heteroatoms. The lowest BCUT2D eigenvalue weighted by Gasteiger charge is -2.04. The topological polar surface area (TPSA) is 46.2 Å². The van der Waals surface area contributed by atoms with Crippen LogP contribution in [0.1, 0.15) is 12.0 Å². The minimum Gasteiger partial charge on any atom is -0.356 e. The molecule has 0 radical (unpaired) electrons. The molecule has 0 heterocycles. The molecule has 3 nitrogen and oxygen atoms in total. The molecule has 0 atom stereocenters. The zero-order valence-electron chi connectivity index (χ0n) is 9.02. The van der Waals surface area contributed by atoms with Crippen molar-refractivity contribution in [3.8, 4) is 0 Å². The summed E-state index contributed by atoms with van der Waals surface area (Å²) in [4.78, 5) is 21.5. The number of hydrogen-bond donors (Lipinski definition) is 1. The van der Waals surface area contributed by atoms with Gasteiger partial charge in [0.15, 0.2) is 5.62 Å². The Balaban J connectivity index is 2.14. The molecule has 16 heavy (non-hydrogen) atoms. The van der Waals surface area contributed by atoms with Gasteiger partial charge >= 0.3 is 0 Å². The standard InChI is InChI=1S/C12H15NO2S/c14-10-16-8-4-7-13-12(15)9-11-5-2-1-3-6-11/h1-3,5-6,10H,4,7-9H2,(H,13,15). The van der Waals surface area contributed by atoms with Gasteiger partial charge in [0.1, 0.15) is 0 Å². The second kappa shape index (κ2) is 7.93. The van der Waals surface area contributed by atoms with Crippen molar-refractivity contribution in [2.45, 2.75) is 12.8 Å². The van der Waals surface area contributed by atoms with Crippen LogP contribution in [0.3, 0.4) is 0 Å². The summed E-state index contributed by atoms with van der Waals surface area (Å²) in [5.74, 6) is 0.789. The smallest absolute Gasteiger partial charge is 0.224 e. The van der Waals surface area contributed by atoms with Crippen LogP contribution < -0.4 is 5.32 Å². The number of amides is 1. The van der Waals surface area contributed by atoms with Gasteiger partial charge in [0.2, 0.25) is 5.91 Å².